The van der Waals surface area contributed by atoms with Gasteiger partial charge in [0.05, 0.1) is 16.6 Å². The van der Waals surface area contributed by atoms with Crippen LogP contribution in [0.4, 0.5) is 11.4 Å². The summed E-state index contributed by atoms with van der Waals surface area (Å²) < 4.78 is 10.7. The third-order valence-corrected chi connectivity index (χ3v) is 5.21. The highest BCUT2D eigenvalue weighted by atomic mass is 16.6. The van der Waals surface area contributed by atoms with Gasteiger partial charge >= 0.3 is 5.97 Å². The topological polar surface area (TPSA) is 152 Å². The van der Waals surface area contributed by atoms with Crippen molar-refractivity contribution in [3.8, 4) is 5.75 Å². The van der Waals surface area contributed by atoms with Crippen molar-refractivity contribution in [2.75, 3.05) is 17.2 Å². The summed E-state index contributed by atoms with van der Waals surface area (Å²) in [6.07, 6.45) is 0. The Balaban J connectivity index is 1.49. The zero-order chi connectivity index (χ0) is 26.0. The molecule has 36 heavy (non-hydrogen) atoms. The molecule has 0 saturated carbocycles. The smallest absolute Gasteiger partial charge is 0.328 e. The molecule has 4 N–H and O–H groups in total. The van der Waals surface area contributed by atoms with Gasteiger partial charge in [0.25, 0.3) is 17.4 Å². The number of hydrogen-bond donors (Lipinski definition) is 4. The fraction of sp³-hybridized carbons (Fsp3) is 0.320. The molecular weight excluding hydrogens is 466 g/mol. The van der Waals surface area contributed by atoms with Crippen LogP contribution in [0.2, 0.25) is 0 Å². The molecule has 1 atom stereocenters. The van der Waals surface area contributed by atoms with Gasteiger partial charge in [-0.15, -0.1) is 0 Å². The lowest BCUT2D eigenvalue weighted by Gasteiger charge is -2.23. The number of aromatic amines is 1. The van der Waals surface area contributed by atoms with Crippen LogP contribution in [-0.4, -0.2) is 46.0 Å². The summed E-state index contributed by atoms with van der Waals surface area (Å²) in [5, 5.41) is 8.63. The van der Waals surface area contributed by atoms with Crippen LogP contribution < -0.4 is 26.2 Å². The normalized spacial score (nSPS) is 13.7. The summed E-state index contributed by atoms with van der Waals surface area (Å²) in [7, 11) is 0. The van der Waals surface area contributed by atoms with Crippen LogP contribution in [0.1, 0.15) is 43.9 Å². The largest absolute Gasteiger partial charge is 0.482 e. The fourth-order valence-corrected chi connectivity index (χ4v) is 3.61. The molecule has 11 nitrogen and oxygen atoms in total. The van der Waals surface area contributed by atoms with Gasteiger partial charge in [0, 0.05) is 12.2 Å². The van der Waals surface area contributed by atoms with E-state index in [1.54, 1.807) is 64.1 Å². The summed E-state index contributed by atoms with van der Waals surface area (Å²) in [6, 6.07) is 9.38. The van der Waals surface area contributed by atoms with Crippen molar-refractivity contribution in [3.63, 3.8) is 0 Å². The van der Waals surface area contributed by atoms with Crippen LogP contribution in [0.25, 0.3) is 10.9 Å². The predicted octanol–water partition coefficient (Wildman–Crippen LogP) is 2.33. The molecule has 0 saturated heterocycles. The van der Waals surface area contributed by atoms with Gasteiger partial charge in [-0.3, -0.25) is 14.4 Å². The van der Waals surface area contributed by atoms with Crippen LogP contribution in [-0.2, 0) is 20.9 Å². The molecular formula is C25H27N5O6. The highest BCUT2D eigenvalue weighted by Crippen LogP contribution is 2.28. The van der Waals surface area contributed by atoms with E-state index < -0.39 is 29.1 Å². The lowest BCUT2D eigenvalue weighted by molar-refractivity contribution is -0.155. The molecule has 0 fully saturated rings. The Morgan fingerprint density at radius 1 is 1.19 bits per heavy atom. The van der Waals surface area contributed by atoms with Gasteiger partial charge in [0.15, 0.2) is 12.4 Å². The van der Waals surface area contributed by atoms with Crippen LogP contribution in [0.3, 0.4) is 0 Å². The summed E-state index contributed by atoms with van der Waals surface area (Å²) in [5.74, 6) is -0.897. The van der Waals surface area contributed by atoms with Gasteiger partial charge < -0.3 is 30.4 Å². The zero-order valence-electron chi connectivity index (χ0n) is 20.4. The number of fused-ring (bicyclic) bond motifs is 2. The maximum absolute atomic E-state index is 12.9. The minimum Gasteiger partial charge on any atom is -0.482 e. The number of benzene rings is 2. The lowest BCUT2D eigenvalue weighted by atomic mass is 10.1. The molecule has 0 radical (unpaired) electrons. The average Bonchev–Trinajstić information content (AvgIpc) is 2.81. The lowest BCUT2D eigenvalue weighted by Crippen LogP contribution is -2.35. The summed E-state index contributed by atoms with van der Waals surface area (Å²) >= 11 is 0. The first-order valence-corrected chi connectivity index (χ1v) is 11.4. The number of aromatic nitrogens is 2. The third kappa shape index (κ3) is 5.62. The molecule has 1 aromatic heterocycles. The molecule has 2 heterocycles. The number of anilines is 2. The SMILES string of the molecule is CC(Nc1cccc2nc(C(=O)NCc3ccc4c(c3)NC(=O)CO4)[nH]c(=O)c12)C(=O)OC(C)(C)C. The van der Waals surface area contributed by atoms with E-state index in [-0.39, 0.29) is 30.3 Å². The van der Waals surface area contributed by atoms with E-state index in [9.17, 15) is 19.2 Å². The number of H-pyrrole nitrogens is 1. The van der Waals surface area contributed by atoms with Crippen molar-refractivity contribution in [2.24, 2.45) is 0 Å². The van der Waals surface area contributed by atoms with Gasteiger partial charge in [0.1, 0.15) is 17.4 Å². The zero-order valence-corrected chi connectivity index (χ0v) is 20.4. The Bertz CT molecular complexity index is 1410. The van der Waals surface area contributed by atoms with Crippen LogP contribution >= 0.6 is 0 Å². The van der Waals surface area contributed by atoms with Gasteiger partial charge in [0.2, 0.25) is 0 Å². The van der Waals surface area contributed by atoms with Gasteiger partial charge in [-0.05, 0) is 57.5 Å². The van der Waals surface area contributed by atoms with Crippen molar-refractivity contribution >= 4 is 40.1 Å². The Hall–Kier alpha value is -4.41. The number of rotatable bonds is 6. The molecule has 2 aromatic carbocycles. The number of carbonyl (C=O) groups excluding carboxylic acids is 3. The van der Waals surface area contributed by atoms with Crippen LogP contribution in [0, 0.1) is 0 Å². The molecule has 188 valence electrons. The van der Waals surface area contributed by atoms with Gasteiger partial charge in [-0.2, -0.15) is 0 Å². The molecule has 0 aliphatic carbocycles. The summed E-state index contributed by atoms with van der Waals surface area (Å²) in [6.45, 7) is 7.05. The van der Waals surface area contributed by atoms with Gasteiger partial charge in [-0.1, -0.05) is 12.1 Å². The summed E-state index contributed by atoms with van der Waals surface area (Å²) in [4.78, 5) is 56.3. The predicted molar refractivity (Wildman–Crippen MR) is 133 cm³/mol. The Labute approximate surface area is 206 Å². The standard InChI is InChI=1S/C25H27N5O6/c1-13(24(34)36-25(2,3)4)27-15-6-5-7-16-20(15)22(32)30-21(29-16)23(33)26-11-14-8-9-18-17(10-14)28-19(31)12-35-18/h5-10,13,27H,11-12H2,1-4H3,(H,26,33)(H,28,31)(H,29,30,32). The molecule has 0 bridgehead atoms. The van der Waals surface area contributed by atoms with Crippen molar-refractivity contribution in [3.05, 3.63) is 58.1 Å². The monoisotopic (exact) mass is 493 g/mol. The second-order valence-electron chi connectivity index (χ2n) is 9.36. The molecule has 1 aliphatic heterocycles. The van der Waals surface area contributed by atoms with E-state index in [1.165, 1.54) is 0 Å². The molecule has 4 rings (SSSR count). The van der Waals surface area contributed by atoms with E-state index in [1.807, 2.05) is 0 Å². The Kier molecular flexibility index (Phi) is 6.65. The highest BCUT2D eigenvalue weighted by Gasteiger charge is 2.23. The molecule has 11 heteroatoms. The minimum atomic E-state index is -0.719. The number of ether oxygens (including phenoxy) is 2. The minimum absolute atomic E-state index is 0.0404. The van der Waals surface area contributed by atoms with E-state index in [0.29, 0.717) is 22.6 Å². The van der Waals surface area contributed by atoms with Crippen molar-refractivity contribution in [1.29, 1.82) is 0 Å². The number of nitrogens with zero attached hydrogens (tertiary/aromatic N) is 1. The van der Waals surface area contributed by atoms with Crippen LogP contribution in [0.15, 0.2) is 41.2 Å². The first kappa shape index (κ1) is 24.7. The Morgan fingerprint density at radius 2 is 1.97 bits per heavy atom. The molecule has 1 unspecified atom stereocenters. The highest BCUT2D eigenvalue weighted by molar-refractivity contribution is 5.97. The maximum atomic E-state index is 12.9. The number of nitrogens with one attached hydrogen (secondary N) is 4. The molecule has 0 spiro atoms. The quantitative estimate of drug-likeness (QED) is 0.382. The average molecular weight is 494 g/mol. The van der Waals surface area contributed by atoms with E-state index >= 15 is 0 Å². The van der Waals surface area contributed by atoms with Crippen molar-refractivity contribution < 1.29 is 23.9 Å². The Morgan fingerprint density at radius 3 is 2.72 bits per heavy atom. The first-order valence-electron chi connectivity index (χ1n) is 11.4. The molecule has 3 aromatic rings. The van der Waals surface area contributed by atoms with Crippen molar-refractivity contribution in [1.82, 2.24) is 15.3 Å². The fourth-order valence-electron chi connectivity index (χ4n) is 3.61. The van der Waals surface area contributed by atoms with E-state index in [0.717, 1.165) is 5.56 Å². The van der Waals surface area contributed by atoms with E-state index in [4.69, 9.17) is 9.47 Å². The molecule has 1 aliphatic rings. The third-order valence-electron chi connectivity index (χ3n) is 5.21. The maximum Gasteiger partial charge on any atom is 0.328 e. The van der Waals surface area contributed by atoms with Crippen LogP contribution in [0.5, 0.6) is 5.75 Å². The second kappa shape index (κ2) is 9.68. The number of esters is 1. The second-order valence-corrected chi connectivity index (χ2v) is 9.36. The summed E-state index contributed by atoms with van der Waals surface area (Å²) in [5.41, 5.74) is 0.755. The van der Waals surface area contributed by atoms with Gasteiger partial charge in [-0.25, -0.2) is 9.78 Å². The number of hydrogen-bond acceptors (Lipinski definition) is 8. The van der Waals surface area contributed by atoms with Crippen molar-refractivity contribution in [2.45, 2.75) is 45.9 Å². The molecule has 2 amide bonds. The number of carbonyl (C=O) groups is 3. The first-order chi connectivity index (χ1) is 17.0. The number of amides is 2. The van der Waals surface area contributed by atoms with E-state index in [2.05, 4.69) is 25.9 Å².